The van der Waals surface area contributed by atoms with E-state index < -0.39 is 15.6 Å². The van der Waals surface area contributed by atoms with Crippen LogP contribution in [0.4, 0.5) is 0 Å². The molecule has 1 saturated carbocycles. The van der Waals surface area contributed by atoms with E-state index in [0.29, 0.717) is 25.1 Å². The van der Waals surface area contributed by atoms with E-state index in [1.165, 1.54) is 11.4 Å². The minimum Gasteiger partial charge on any atom is -0.212 e. The molecule has 0 heterocycles. The van der Waals surface area contributed by atoms with Crippen molar-refractivity contribution in [1.82, 2.24) is 4.31 Å². The van der Waals surface area contributed by atoms with E-state index in [9.17, 15) is 13.7 Å². The molecule has 0 spiro atoms. The quantitative estimate of drug-likeness (QED) is 0.724. The fraction of sp³-hybridized carbons (Fsp3) is 0.909. The van der Waals surface area contributed by atoms with Gasteiger partial charge in [-0.25, -0.2) is 8.42 Å². The Morgan fingerprint density at radius 1 is 1.35 bits per heavy atom. The van der Waals surface area contributed by atoms with Gasteiger partial charge in [-0.15, -0.1) is 11.6 Å². The number of rotatable bonds is 5. The number of hydrogen-bond acceptors (Lipinski definition) is 3. The van der Waals surface area contributed by atoms with Crippen LogP contribution in [-0.2, 0) is 10.0 Å². The third-order valence-electron chi connectivity index (χ3n) is 3.44. The van der Waals surface area contributed by atoms with Gasteiger partial charge in [-0.1, -0.05) is 19.3 Å². The van der Waals surface area contributed by atoms with Gasteiger partial charge in [0.15, 0.2) is 0 Å². The van der Waals surface area contributed by atoms with Crippen LogP contribution >= 0.6 is 11.6 Å². The molecule has 1 aliphatic rings. The van der Waals surface area contributed by atoms with Crippen LogP contribution < -0.4 is 0 Å². The Labute approximate surface area is 109 Å². The highest BCUT2D eigenvalue weighted by molar-refractivity contribution is 7.89. The maximum absolute atomic E-state index is 12.1. The molecule has 0 bridgehead atoms. The molecule has 0 aromatic heterocycles. The van der Waals surface area contributed by atoms with Crippen molar-refractivity contribution < 1.29 is 8.42 Å². The molecule has 1 aliphatic carbocycles. The SMILES string of the molecule is CN(C1(C#N)CCCCC1)S(=O)(=O)CCCCl. The summed E-state index contributed by atoms with van der Waals surface area (Å²) in [5.74, 6) is 0.350. The third kappa shape index (κ3) is 3.34. The number of sulfonamides is 1. The van der Waals surface area contributed by atoms with Crippen LogP contribution in [0.25, 0.3) is 0 Å². The van der Waals surface area contributed by atoms with Crippen LogP contribution in [0.1, 0.15) is 38.5 Å². The second-order valence-corrected chi connectivity index (χ2v) is 7.03. The van der Waals surface area contributed by atoms with Crippen LogP contribution in [0.2, 0.25) is 0 Å². The Morgan fingerprint density at radius 2 is 1.94 bits per heavy atom. The van der Waals surface area contributed by atoms with Gasteiger partial charge in [0.2, 0.25) is 10.0 Å². The number of hydrogen-bond donors (Lipinski definition) is 0. The molecule has 98 valence electrons. The van der Waals surface area contributed by atoms with Gasteiger partial charge in [0.25, 0.3) is 0 Å². The van der Waals surface area contributed by atoms with E-state index in [0.717, 1.165) is 19.3 Å². The van der Waals surface area contributed by atoms with Crippen LogP contribution in [0, 0.1) is 11.3 Å². The Bertz CT molecular complexity index is 383. The van der Waals surface area contributed by atoms with Crippen molar-refractivity contribution in [3.8, 4) is 6.07 Å². The van der Waals surface area contributed by atoms with E-state index >= 15 is 0 Å². The lowest BCUT2D eigenvalue weighted by Gasteiger charge is -2.38. The zero-order valence-corrected chi connectivity index (χ0v) is 11.7. The van der Waals surface area contributed by atoms with Crippen LogP contribution in [0.15, 0.2) is 0 Å². The summed E-state index contributed by atoms with van der Waals surface area (Å²) in [7, 11) is -1.84. The Morgan fingerprint density at radius 3 is 2.41 bits per heavy atom. The van der Waals surface area contributed by atoms with Crippen molar-refractivity contribution >= 4 is 21.6 Å². The van der Waals surface area contributed by atoms with Gasteiger partial charge >= 0.3 is 0 Å². The molecule has 0 radical (unpaired) electrons. The summed E-state index contributed by atoms with van der Waals surface area (Å²) in [6.45, 7) is 0. The summed E-state index contributed by atoms with van der Waals surface area (Å²) in [6, 6.07) is 2.21. The molecular weight excluding hydrogens is 260 g/mol. The molecule has 0 unspecified atom stereocenters. The molecular formula is C11H19ClN2O2S. The predicted octanol–water partition coefficient (Wildman–Crippen LogP) is 2.10. The smallest absolute Gasteiger partial charge is 0.212 e. The van der Waals surface area contributed by atoms with Crippen LogP contribution in [0.5, 0.6) is 0 Å². The zero-order chi connectivity index (χ0) is 12.9. The Balaban J connectivity index is 2.85. The molecule has 6 heteroatoms. The summed E-state index contributed by atoms with van der Waals surface area (Å²) in [4.78, 5) is 0. The highest BCUT2D eigenvalue weighted by atomic mass is 35.5. The average Bonchev–Trinajstić information content (AvgIpc) is 2.36. The normalized spacial score (nSPS) is 20.1. The number of halogens is 1. The molecule has 0 amide bonds. The molecule has 4 nitrogen and oxygen atoms in total. The van der Waals surface area contributed by atoms with Gasteiger partial charge < -0.3 is 0 Å². The highest BCUT2D eigenvalue weighted by Crippen LogP contribution is 2.34. The number of nitriles is 1. The number of alkyl halides is 1. The van der Waals surface area contributed by atoms with E-state index in [1.54, 1.807) is 0 Å². The standard InChI is InChI=1S/C11H19ClN2O2S/c1-14(17(15,16)9-5-8-12)11(10-13)6-3-2-4-7-11/h2-9H2,1H3. The van der Waals surface area contributed by atoms with Gasteiger partial charge in [-0.05, 0) is 19.3 Å². The van der Waals surface area contributed by atoms with Gasteiger partial charge in [0, 0.05) is 12.9 Å². The monoisotopic (exact) mass is 278 g/mol. The molecule has 0 aliphatic heterocycles. The molecule has 0 atom stereocenters. The molecule has 0 aromatic carbocycles. The third-order valence-corrected chi connectivity index (χ3v) is 5.70. The first-order valence-corrected chi connectivity index (χ1v) is 8.07. The summed E-state index contributed by atoms with van der Waals surface area (Å²) in [6.07, 6.45) is 4.63. The van der Waals surface area contributed by atoms with Crippen molar-refractivity contribution in [2.45, 2.75) is 44.1 Å². The van der Waals surface area contributed by atoms with Crippen LogP contribution in [-0.4, -0.2) is 36.9 Å². The van der Waals surface area contributed by atoms with Crippen molar-refractivity contribution in [2.24, 2.45) is 0 Å². The molecule has 17 heavy (non-hydrogen) atoms. The topological polar surface area (TPSA) is 61.2 Å². The lowest BCUT2D eigenvalue weighted by molar-refractivity contribution is 0.212. The highest BCUT2D eigenvalue weighted by Gasteiger charge is 2.41. The minimum atomic E-state index is -3.37. The summed E-state index contributed by atoms with van der Waals surface area (Å²) in [5, 5.41) is 9.32. The molecule has 0 aromatic rings. The Kier molecular flexibility index (Phi) is 5.23. The maximum Gasteiger partial charge on any atom is 0.215 e. The van der Waals surface area contributed by atoms with E-state index in [-0.39, 0.29) is 5.75 Å². The molecule has 1 fully saturated rings. The van der Waals surface area contributed by atoms with Gasteiger partial charge in [0.05, 0.1) is 11.8 Å². The average molecular weight is 279 g/mol. The summed E-state index contributed by atoms with van der Waals surface area (Å²) < 4.78 is 25.4. The van der Waals surface area contributed by atoms with Crippen molar-refractivity contribution in [1.29, 1.82) is 5.26 Å². The van der Waals surface area contributed by atoms with E-state index in [4.69, 9.17) is 11.6 Å². The second-order valence-electron chi connectivity index (χ2n) is 4.53. The van der Waals surface area contributed by atoms with Crippen molar-refractivity contribution in [3.63, 3.8) is 0 Å². The van der Waals surface area contributed by atoms with Gasteiger partial charge in [0.1, 0.15) is 5.54 Å². The largest absolute Gasteiger partial charge is 0.215 e. The first kappa shape index (κ1) is 14.7. The summed E-state index contributed by atoms with van der Waals surface area (Å²) >= 11 is 5.52. The lowest BCUT2D eigenvalue weighted by Crippen LogP contribution is -2.50. The predicted molar refractivity (Wildman–Crippen MR) is 68.3 cm³/mol. The number of nitrogens with zero attached hydrogens (tertiary/aromatic N) is 2. The molecule has 1 rings (SSSR count). The fourth-order valence-corrected chi connectivity index (χ4v) is 4.10. The van der Waals surface area contributed by atoms with E-state index in [2.05, 4.69) is 6.07 Å². The zero-order valence-electron chi connectivity index (χ0n) is 10.2. The first-order chi connectivity index (χ1) is 7.98. The minimum absolute atomic E-state index is 0.0242. The van der Waals surface area contributed by atoms with E-state index in [1.807, 2.05) is 0 Å². The maximum atomic E-state index is 12.1. The van der Waals surface area contributed by atoms with Crippen LogP contribution in [0.3, 0.4) is 0 Å². The van der Waals surface area contributed by atoms with Crippen molar-refractivity contribution in [3.05, 3.63) is 0 Å². The van der Waals surface area contributed by atoms with Crippen molar-refractivity contribution in [2.75, 3.05) is 18.7 Å². The fourth-order valence-electron chi connectivity index (χ4n) is 2.27. The van der Waals surface area contributed by atoms with Gasteiger partial charge in [-0.2, -0.15) is 9.57 Å². The molecule has 0 saturated heterocycles. The van der Waals surface area contributed by atoms with Gasteiger partial charge in [-0.3, -0.25) is 0 Å². The summed E-state index contributed by atoms with van der Waals surface area (Å²) in [5.41, 5.74) is -0.830. The Hall–Kier alpha value is -0.310. The second kappa shape index (κ2) is 6.03. The molecule has 0 N–H and O–H groups in total. The first-order valence-electron chi connectivity index (χ1n) is 5.92. The lowest BCUT2D eigenvalue weighted by atomic mass is 9.83.